The number of urea groups is 1. The molecule has 2 aromatic carbocycles. The van der Waals surface area contributed by atoms with E-state index in [0.29, 0.717) is 37.1 Å². The summed E-state index contributed by atoms with van der Waals surface area (Å²) in [5.41, 5.74) is 2.56. The number of methoxy groups -OCH3 is 1. The molecule has 2 heterocycles. The summed E-state index contributed by atoms with van der Waals surface area (Å²) in [6, 6.07) is 10.7. The van der Waals surface area contributed by atoms with E-state index in [4.69, 9.17) is 34.2 Å². The highest BCUT2D eigenvalue weighted by atomic mass is 16.6. The first-order valence-electron chi connectivity index (χ1n) is 40.1. The normalized spacial score (nSPS) is 18.7. The maximum atomic E-state index is 14.2. The molecule has 0 aromatic heterocycles. The van der Waals surface area contributed by atoms with Crippen LogP contribution in [0.4, 0.5) is 4.79 Å². The summed E-state index contributed by atoms with van der Waals surface area (Å²) in [6.07, 6.45) is 54.5. The van der Waals surface area contributed by atoms with E-state index in [2.05, 4.69) is 26.1 Å². The van der Waals surface area contributed by atoms with Crippen molar-refractivity contribution < 1.29 is 62.9 Å². The number of aliphatic carboxylic acids is 1. The monoisotopic (exact) mass is 1370 g/mol. The number of esters is 1. The molecule has 1 saturated heterocycles. The Balaban J connectivity index is 1.59. The van der Waals surface area contributed by atoms with Gasteiger partial charge in [0.15, 0.2) is 35.1 Å². The van der Waals surface area contributed by atoms with Gasteiger partial charge >= 0.3 is 18.0 Å². The number of ketones is 1. The predicted octanol–water partition coefficient (Wildman–Crippen LogP) is 20.6. The van der Waals surface area contributed by atoms with Gasteiger partial charge in [-0.1, -0.05) is 340 Å². The van der Waals surface area contributed by atoms with Gasteiger partial charge in [0.25, 0.3) is 0 Å². The highest BCUT2D eigenvalue weighted by Gasteiger charge is 2.64. The van der Waals surface area contributed by atoms with E-state index in [9.17, 15) is 34.5 Å². The Hall–Kier alpha value is -4.74. The Kier molecular flexibility index (Phi) is 47.2. The second-order valence-corrected chi connectivity index (χ2v) is 28.5. The topological polar surface area (TPSA) is 226 Å². The van der Waals surface area contributed by atoms with E-state index < -0.39 is 79.0 Å². The molecule has 0 spiro atoms. The Morgan fingerprint density at radius 1 is 0.541 bits per heavy atom. The fraction of sp³-hybridized carbons (Fsp3) is 0.780. The zero-order valence-corrected chi connectivity index (χ0v) is 62.1. The molecule has 6 N–H and O–H groups in total. The van der Waals surface area contributed by atoms with E-state index in [-0.39, 0.29) is 11.1 Å². The van der Waals surface area contributed by atoms with E-state index in [1.807, 2.05) is 0 Å². The fourth-order valence-corrected chi connectivity index (χ4v) is 13.9. The van der Waals surface area contributed by atoms with Crippen molar-refractivity contribution in [2.75, 3.05) is 33.5 Å². The Labute approximate surface area is 594 Å². The van der Waals surface area contributed by atoms with Gasteiger partial charge in [-0.25, -0.2) is 4.79 Å². The number of nitrogens with two attached hydrogens (primary N) is 1. The van der Waals surface area contributed by atoms with Crippen LogP contribution in [-0.4, -0.2) is 107 Å². The molecule has 0 bridgehead atoms. The number of amides is 2. The molecule has 4 rings (SSSR count). The molecule has 1 fully saturated rings. The van der Waals surface area contributed by atoms with Crippen LogP contribution in [0.3, 0.4) is 0 Å². The smallest absolute Gasteiger partial charge is 0.325 e. The zero-order chi connectivity index (χ0) is 70.6. The first kappa shape index (κ1) is 85.7. The maximum absolute atomic E-state index is 14.2. The van der Waals surface area contributed by atoms with Crippen LogP contribution in [0, 0.1) is 0 Å². The Morgan fingerprint density at radius 3 is 1.23 bits per heavy atom. The number of carboxylic acid groups (broad SMARTS) is 1. The van der Waals surface area contributed by atoms with Crippen molar-refractivity contribution in [3.63, 3.8) is 0 Å². The minimum atomic E-state index is -2.48. The van der Waals surface area contributed by atoms with Gasteiger partial charge < -0.3 is 49.1 Å². The SMILES string of the molecule is CCCCCCCCCCCCCCCCCCOc1cc(C(OC(=O)CCC(=O)O)[C@@]2(O)[C@@H](CO)O[C@@H](N3C=CC(N)(C(=O)c4ccccc4)NC3=O)[C@@H]2OC)cc(OCCCCCCCCCCCCCCCCCC)c1OCCCCCCCCCCCCCCCCCC. The molecule has 2 aliphatic rings. The van der Waals surface area contributed by atoms with Crippen LogP contribution in [-0.2, 0) is 23.8 Å². The maximum Gasteiger partial charge on any atom is 0.325 e. The van der Waals surface area contributed by atoms with Crippen LogP contribution >= 0.6 is 0 Å². The molecule has 0 saturated carbocycles. The highest BCUT2D eigenvalue weighted by molar-refractivity contribution is 6.06. The zero-order valence-electron chi connectivity index (χ0n) is 62.1. The van der Waals surface area contributed by atoms with Crippen LogP contribution in [0.1, 0.15) is 364 Å². The summed E-state index contributed by atoms with van der Waals surface area (Å²) >= 11 is 0. The summed E-state index contributed by atoms with van der Waals surface area (Å²) in [5.74, 6) is -1.76. The summed E-state index contributed by atoms with van der Waals surface area (Å²) in [5, 5.41) is 37.0. The first-order chi connectivity index (χ1) is 47.9. The van der Waals surface area contributed by atoms with Crippen LogP contribution < -0.4 is 25.3 Å². The molecule has 6 atom stereocenters. The van der Waals surface area contributed by atoms with E-state index in [0.717, 1.165) is 75.5 Å². The van der Waals surface area contributed by atoms with Crippen LogP contribution in [0.15, 0.2) is 54.7 Å². The van der Waals surface area contributed by atoms with E-state index in [1.165, 1.54) is 257 Å². The quantitative estimate of drug-likeness (QED) is 0.0236. The standard InChI is InChI=1S/C82H139N3O13/c1-5-8-11-14-17-20-23-26-29-32-35-38-41-44-47-53-62-94-70-65-69(77(98-74(89)59-58-73(87)88)82(92)72(67-86)97-79(78(82)93-4)85-61-60-81(83,84-80(85)91)76(90)68-56-51-50-52-57-68)66-71(95-63-54-48-45-42-39-36-33-30-27-24-21-18-15-12-9-6-2)75(70)96-64-55-49-46-43-40-37-34-31-28-25-22-19-16-13-10-7-3/h50-52,56-57,60-61,65-66,72,77-79,86,92H,5-49,53-55,58-59,62-64,67,83H2,1-4H3,(H,84,91)(H,87,88)/t72-,77?,78+,79-,81?,82+/m1/s1. The third-order valence-corrected chi connectivity index (χ3v) is 20.0. The first-order valence-corrected chi connectivity index (χ1v) is 40.1. The van der Waals surface area contributed by atoms with Gasteiger partial charge in [0.05, 0.1) is 39.3 Å². The number of unbranched alkanes of at least 4 members (excludes halogenated alkanes) is 45. The van der Waals surface area contributed by atoms with E-state index in [1.54, 1.807) is 42.5 Å². The lowest BCUT2D eigenvalue weighted by atomic mass is 9.82. The van der Waals surface area contributed by atoms with Crippen LogP contribution in [0.5, 0.6) is 17.2 Å². The number of carbonyl (C=O) groups is 4. The number of carboxylic acids is 1. The number of aliphatic hydroxyl groups excluding tert-OH is 1. The van der Waals surface area contributed by atoms with Crippen molar-refractivity contribution in [3.8, 4) is 17.2 Å². The molecular weight excluding hydrogens is 1230 g/mol. The Bertz CT molecular complexity index is 2350. The summed E-state index contributed by atoms with van der Waals surface area (Å²) in [4.78, 5) is 55.0. The molecule has 0 aliphatic carbocycles. The number of aliphatic hydroxyl groups is 2. The van der Waals surface area contributed by atoms with Gasteiger partial charge in [0, 0.05) is 24.4 Å². The van der Waals surface area contributed by atoms with Gasteiger partial charge in [-0.2, -0.15) is 0 Å². The summed E-state index contributed by atoms with van der Waals surface area (Å²) < 4.78 is 39.0. The van der Waals surface area contributed by atoms with Gasteiger partial charge in [-0.15, -0.1) is 0 Å². The van der Waals surface area contributed by atoms with Gasteiger partial charge in [0.1, 0.15) is 12.2 Å². The average Bonchev–Trinajstić information content (AvgIpc) is 1.54. The number of hydrogen-bond donors (Lipinski definition) is 5. The number of nitrogens with one attached hydrogen (secondary N) is 1. The molecule has 16 nitrogen and oxygen atoms in total. The van der Waals surface area contributed by atoms with Crippen LogP contribution in [0.2, 0.25) is 0 Å². The summed E-state index contributed by atoms with van der Waals surface area (Å²) in [7, 11) is 1.29. The van der Waals surface area contributed by atoms with Crippen molar-refractivity contribution in [1.29, 1.82) is 0 Å². The van der Waals surface area contributed by atoms with Crippen molar-refractivity contribution >= 4 is 23.8 Å². The average molecular weight is 1380 g/mol. The van der Waals surface area contributed by atoms with E-state index >= 15 is 0 Å². The number of ether oxygens (including phenoxy) is 6. The molecule has 98 heavy (non-hydrogen) atoms. The van der Waals surface area contributed by atoms with Gasteiger partial charge in [0.2, 0.25) is 11.5 Å². The molecular formula is C82H139N3O13. The lowest BCUT2D eigenvalue weighted by Gasteiger charge is -2.40. The van der Waals surface area contributed by atoms with Gasteiger partial charge in [-0.3, -0.25) is 25.0 Å². The second-order valence-electron chi connectivity index (χ2n) is 28.5. The van der Waals surface area contributed by atoms with Crippen molar-refractivity contribution in [3.05, 3.63) is 65.9 Å². The number of benzene rings is 2. The molecule has 2 amide bonds. The van der Waals surface area contributed by atoms with Crippen LogP contribution in [0.25, 0.3) is 0 Å². The lowest BCUT2D eigenvalue weighted by molar-refractivity contribution is -0.195. The summed E-state index contributed by atoms with van der Waals surface area (Å²) in [6.45, 7) is 7.02. The molecule has 560 valence electrons. The number of rotatable bonds is 65. The molecule has 2 aliphatic heterocycles. The fourth-order valence-electron chi connectivity index (χ4n) is 13.9. The minimum Gasteiger partial charge on any atom is -0.490 e. The number of hydrogen-bond acceptors (Lipinski definition) is 13. The third kappa shape index (κ3) is 33.8. The largest absolute Gasteiger partial charge is 0.490 e. The highest BCUT2D eigenvalue weighted by Crippen LogP contribution is 2.49. The lowest BCUT2D eigenvalue weighted by Crippen LogP contribution is -2.66. The molecule has 2 unspecified atom stereocenters. The van der Waals surface area contributed by atoms with Crippen molar-refractivity contribution in [2.24, 2.45) is 5.73 Å². The van der Waals surface area contributed by atoms with Crippen molar-refractivity contribution in [1.82, 2.24) is 10.2 Å². The molecule has 2 aromatic rings. The number of nitrogens with zero attached hydrogens (tertiary/aromatic N) is 1. The van der Waals surface area contributed by atoms with Crippen molar-refractivity contribution in [2.45, 2.75) is 378 Å². The number of carbonyl (C=O) groups excluding carboxylic acids is 3. The number of Topliss-reactive ketones (excluding diaryl/α,β-unsaturated/α-hetero) is 1. The minimum absolute atomic E-state index is 0.174. The Morgan fingerprint density at radius 2 is 0.898 bits per heavy atom. The second kappa shape index (κ2) is 54.0. The molecule has 0 radical (unpaired) electrons. The third-order valence-electron chi connectivity index (χ3n) is 20.0. The molecule has 16 heteroatoms. The van der Waals surface area contributed by atoms with Gasteiger partial charge in [-0.05, 0) is 37.5 Å². The predicted molar refractivity (Wildman–Crippen MR) is 396 cm³/mol.